The van der Waals surface area contributed by atoms with Gasteiger partial charge in [0.2, 0.25) is 0 Å². The highest BCUT2D eigenvalue weighted by molar-refractivity contribution is 6.18. The van der Waals surface area contributed by atoms with E-state index in [2.05, 4.69) is 140 Å². The number of hydrogen-bond acceptors (Lipinski definition) is 4. The average molecular weight is 652 g/mol. The van der Waals surface area contributed by atoms with E-state index in [1.807, 2.05) is 24.3 Å². The van der Waals surface area contributed by atoms with E-state index >= 15 is 0 Å². The summed E-state index contributed by atoms with van der Waals surface area (Å²) in [5.41, 5.74) is 11.4. The van der Waals surface area contributed by atoms with Gasteiger partial charge in [-0.05, 0) is 79.2 Å². The van der Waals surface area contributed by atoms with Gasteiger partial charge in [-0.3, -0.25) is 0 Å². The lowest BCUT2D eigenvalue weighted by molar-refractivity contribution is 0.269. The minimum atomic E-state index is -0.0987. The lowest BCUT2D eigenvalue weighted by Gasteiger charge is -2.20. The van der Waals surface area contributed by atoms with Gasteiger partial charge in [0.1, 0.15) is 11.9 Å². The van der Waals surface area contributed by atoms with E-state index in [1.165, 1.54) is 49.5 Å². The van der Waals surface area contributed by atoms with Gasteiger partial charge in [-0.1, -0.05) is 140 Å². The number of nitrogens with zero attached hydrogens (tertiary/aromatic N) is 3. The maximum absolute atomic E-state index is 6.58. The van der Waals surface area contributed by atoms with Crippen molar-refractivity contribution in [2.24, 2.45) is 0 Å². The number of rotatable bonds is 4. The van der Waals surface area contributed by atoms with E-state index in [4.69, 9.17) is 19.7 Å². The second-order valence-electron chi connectivity index (χ2n) is 13.5. The lowest BCUT2D eigenvalue weighted by atomic mass is 9.84. The molecule has 4 nitrogen and oxygen atoms in total. The summed E-state index contributed by atoms with van der Waals surface area (Å²) in [6, 6.07) is 51.2. The zero-order chi connectivity index (χ0) is 33.5. The molecule has 0 N–H and O–H groups in total. The molecule has 1 aromatic heterocycles. The molecule has 3 aliphatic rings. The number of allylic oxidation sites excluding steroid dienone is 2. The van der Waals surface area contributed by atoms with Gasteiger partial charge in [0.05, 0.1) is 0 Å². The minimum absolute atomic E-state index is 0.0124. The van der Waals surface area contributed by atoms with Crippen LogP contribution in [0.5, 0.6) is 5.75 Å². The molecule has 2 heterocycles. The summed E-state index contributed by atoms with van der Waals surface area (Å²) in [7, 11) is 0. The third-order valence-electron chi connectivity index (χ3n) is 10.6. The van der Waals surface area contributed by atoms with Crippen LogP contribution in [0.4, 0.5) is 0 Å². The summed E-state index contributed by atoms with van der Waals surface area (Å²) in [6.45, 7) is 0. The lowest BCUT2D eigenvalue weighted by Crippen LogP contribution is -2.17. The van der Waals surface area contributed by atoms with E-state index < -0.39 is 0 Å². The molecule has 238 valence electrons. The maximum Gasteiger partial charge on any atom is 0.164 e. The Labute approximate surface area is 295 Å². The summed E-state index contributed by atoms with van der Waals surface area (Å²) >= 11 is 0. The first kappa shape index (κ1) is 28.2. The molecule has 1 aliphatic heterocycles. The van der Waals surface area contributed by atoms with Crippen LogP contribution in [0.2, 0.25) is 0 Å². The van der Waals surface area contributed by atoms with Crippen molar-refractivity contribution in [3.8, 4) is 62.2 Å². The molecule has 51 heavy (non-hydrogen) atoms. The molecule has 0 radical (unpaired) electrons. The zero-order valence-electron chi connectivity index (χ0n) is 27.5. The van der Waals surface area contributed by atoms with Crippen molar-refractivity contribution in [2.75, 3.05) is 0 Å². The Morgan fingerprint density at radius 2 is 1.14 bits per heavy atom. The second kappa shape index (κ2) is 10.9. The molecule has 11 rings (SSSR count). The molecular formula is C47H29N3O. The fourth-order valence-electron chi connectivity index (χ4n) is 8.25. The molecule has 2 atom stereocenters. The number of aromatic nitrogens is 3. The van der Waals surface area contributed by atoms with E-state index in [-0.39, 0.29) is 12.0 Å². The van der Waals surface area contributed by atoms with Crippen molar-refractivity contribution in [3.05, 3.63) is 175 Å². The van der Waals surface area contributed by atoms with Crippen LogP contribution < -0.4 is 4.74 Å². The van der Waals surface area contributed by atoms with Gasteiger partial charge in [0.15, 0.2) is 17.5 Å². The smallest absolute Gasteiger partial charge is 0.164 e. The first-order valence-electron chi connectivity index (χ1n) is 17.4. The van der Waals surface area contributed by atoms with Crippen LogP contribution in [-0.4, -0.2) is 21.1 Å². The first-order valence-corrected chi connectivity index (χ1v) is 17.4. The Morgan fingerprint density at radius 1 is 0.471 bits per heavy atom. The fourth-order valence-corrected chi connectivity index (χ4v) is 8.25. The first-order chi connectivity index (χ1) is 25.3. The zero-order valence-corrected chi connectivity index (χ0v) is 27.5. The molecule has 2 unspecified atom stereocenters. The van der Waals surface area contributed by atoms with Crippen LogP contribution in [0, 0.1) is 0 Å². The van der Waals surface area contributed by atoms with Crippen molar-refractivity contribution in [3.63, 3.8) is 0 Å². The van der Waals surface area contributed by atoms with Gasteiger partial charge in [-0.2, -0.15) is 0 Å². The van der Waals surface area contributed by atoms with Crippen LogP contribution in [0.15, 0.2) is 164 Å². The highest BCUT2D eigenvalue weighted by atomic mass is 16.5. The van der Waals surface area contributed by atoms with E-state index in [1.54, 1.807) is 0 Å². The molecule has 0 saturated heterocycles. The van der Waals surface area contributed by atoms with Gasteiger partial charge in [0, 0.05) is 28.2 Å². The SMILES string of the molecule is C1=CC2Oc3cccc(-c4nc(-c5ccccc5)nc(-c5ccc6c7c(cccc57)-c5ccccc5-6)n4)c3C2C=C1c1ccc2ccccc2c1. The number of ether oxygens (including phenoxy) is 1. The molecule has 7 aromatic carbocycles. The topological polar surface area (TPSA) is 47.9 Å². The van der Waals surface area contributed by atoms with Crippen LogP contribution in [0.1, 0.15) is 17.0 Å². The monoisotopic (exact) mass is 651 g/mol. The molecule has 0 bridgehead atoms. The van der Waals surface area contributed by atoms with E-state index in [0.29, 0.717) is 17.5 Å². The van der Waals surface area contributed by atoms with Crippen molar-refractivity contribution in [1.29, 1.82) is 0 Å². The maximum atomic E-state index is 6.58. The molecule has 0 spiro atoms. The summed E-state index contributed by atoms with van der Waals surface area (Å²) in [5.74, 6) is 2.82. The summed E-state index contributed by atoms with van der Waals surface area (Å²) in [4.78, 5) is 15.6. The van der Waals surface area contributed by atoms with Gasteiger partial charge in [-0.25, -0.2) is 15.0 Å². The second-order valence-corrected chi connectivity index (χ2v) is 13.5. The molecule has 2 aliphatic carbocycles. The van der Waals surface area contributed by atoms with E-state index in [0.717, 1.165) is 33.4 Å². The Kier molecular flexibility index (Phi) is 6.05. The van der Waals surface area contributed by atoms with Crippen molar-refractivity contribution in [2.45, 2.75) is 12.0 Å². The van der Waals surface area contributed by atoms with Gasteiger partial charge in [0.25, 0.3) is 0 Å². The molecule has 0 amide bonds. The molecule has 4 heteroatoms. The van der Waals surface area contributed by atoms with E-state index in [9.17, 15) is 0 Å². The number of fused-ring (bicyclic) bond motifs is 7. The third kappa shape index (κ3) is 4.36. The summed E-state index contributed by atoms with van der Waals surface area (Å²) in [6.07, 6.45) is 6.64. The van der Waals surface area contributed by atoms with Crippen LogP contribution in [0.3, 0.4) is 0 Å². The Hall–Kier alpha value is -6.65. The Morgan fingerprint density at radius 3 is 2.00 bits per heavy atom. The Bertz CT molecular complexity index is 2770. The fraction of sp³-hybridized carbons (Fsp3) is 0.0426. The normalized spacial score (nSPS) is 16.4. The standard InChI is InChI=1S/C47H29N3O/c1-2-11-29(12-3-1)45-48-46(38-24-23-37-34-15-7-6-14-33(34)35-16-8-17-36(38)43(35)37)50-47(49-45)39-18-9-19-42-44(39)40-27-32(22-25-41(40)51-42)31-21-20-28-10-4-5-13-30(28)26-31/h1-27,40-41H. The average Bonchev–Trinajstić information content (AvgIpc) is 3.74. The molecule has 0 saturated carbocycles. The third-order valence-corrected chi connectivity index (χ3v) is 10.6. The molecular weight excluding hydrogens is 623 g/mol. The highest BCUT2D eigenvalue weighted by Crippen LogP contribution is 2.50. The number of benzene rings is 7. The quantitative estimate of drug-likeness (QED) is 0.190. The van der Waals surface area contributed by atoms with Crippen molar-refractivity contribution in [1.82, 2.24) is 15.0 Å². The minimum Gasteiger partial charge on any atom is -0.485 e. The number of hydrogen-bond donors (Lipinski definition) is 0. The van der Waals surface area contributed by atoms with Gasteiger partial charge < -0.3 is 4.74 Å². The summed E-state index contributed by atoms with van der Waals surface area (Å²) in [5, 5.41) is 4.85. The predicted molar refractivity (Wildman–Crippen MR) is 206 cm³/mol. The van der Waals surface area contributed by atoms with Crippen LogP contribution in [-0.2, 0) is 0 Å². The summed E-state index contributed by atoms with van der Waals surface area (Å²) < 4.78 is 6.58. The van der Waals surface area contributed by atoms with Crippen molar-refractivity contribution >= 4 is 27.1 Å². The molecule has 8 aromatic rings. The van der Waals surface area contributed by atoms with Crippen LogP contribution >= 0.6 is 0 Å². The largest absolute Gasteiger partial charge is 0.485 e. The Balaban J connectivity index is 1.09. The highest BCUT2D eigenvalue weighted by Gasteiger charge is 2.36. The molecule has 0 fully saturated rings. The van der Waals surface area contributed by atoms with Crippen molar-refractivity contribution < 1.29 is 4.74 Å². The van der Waals surface area contributed by atoms with Gasteiger partial charge >= 0.3 is 0 Å². The van der Waals surface area contributed by atoms with Gasteiger partial charge in [-0.15, -0.1) is 0 Å². The van der Waals surface area contributed by atoms with Crippen LogP contribution in [0.25, 0.3) is 83.5 Å². The predicted octanol–water partition coefficient (Wildman–Crippen LogP) is 11.3.